The van der Waals surface area contributed by atoms with Gasteiger partial charge < -0.3 is 15.5 Å². The summed E-state index contributed by atoms with van der Waals surface area (Å²) in [5, 5.41) is 5.81. The summed E-state index contributed by atoms with van der Waals surface area (Å²) in [6.45, 7) is 0.988. The Bertz CT molecular complexity index is 969. The second-order valence-electron chi connectivity index (χ2n) is 7.47. The number of fused-ring (bicyclic) bond motifs is 1. The van der Waals surface area contributed by atoms with E-state index >= 15 is 0 Å². The van der Waals surface area contributed by atoms with Crippen LogP contribution >= 0.6 is 23.4 Å². The van der Waals surface area contributed by atoms with E-state index in [-0.39, 0.29) is 30.1 Å². The summed E-state index contributed by atoms with van der Waals surface area (Å²) in [5.74, 6) is -0.622. The van der Waals surface area contributed by atoms with E-state index in [1.807, 2.05) is 36.4 Å². The second kappa shape index (κ2) is 9.10. The van der Waals surface area contributed by atoms with Gasteiger partial charge in [-0.1, -0.05) is 29.8 Å². The molecule has 0 unspecified atom stereocenters. The highest BCUT2D eigenvalue weighted by molar-refractivity contribution is 8.01. The summed E-state index contributed by atoms with van der Waals surface area (Å²) in [7, 11) is 0. The minimum absolute atomic E-state index is 0.0747. The Hall–Kier alpha value is -2.51. The van der Waals surface area contributed by atoms with Crippen LogP contribution in [0, 0.1) is 5.92 Å². The number of nitrogens with one attached hydrogen (secondary N) is 2. The number of carbonyl (C=O) groups excluding carboxylic acids is 3. The summed E-state index contributed by atoms with van der Waals surface area (Å²) in [5.41, 5.74) is 1.43. The zero-order valence-corrected chi connectivity index (χ0v) is 17.8. The molecule has 3 amide bonds. The van der Waals surface area contributed by atoms with Crippen molar-refractivity contribution in [1.29, 1.82) is 0 Å². The molecule has 2 aliphatic rings. The van der Waals surface area contributed by atoms with Gasteiger partial charge in [-0.3, -0.25) is 14.4 Å². The fraction of sp³-hybridized carbons (Fsp3) is 0.318. The molecule has 0 saturated carbocycles. The average molecular weight is 444 g/mol. The molecule has 2 heterocycles. The zero-order chi connectivity index (χ0) is 21.1. The summed E-state index contributed by atoms with van der Waals surface area (Å²) < 4.78 is 0. The minimum Gasteiger partial charge on any atom is -0.342 e. The van der Waals surface area contributed by atoms with E-state index in [9.17, 15) is 14.4 Å². The fourth-order valence-electron chi connectivity index (χ4n) is 3.73. The van der Waals surface area contributed by atoms with Crippen LogP contribution in [0.4, 0.5) is 11.4 Å². The van der Waals surface area contributed by atoms with Crippen molar-refractivity contribution in [3.8, 4) is 0 Å². The second-order valence-corrected chi connectivity index (χ2v) is 9.16. The Morgan fingerprint density at radius 1 is 1.20 bits per heavy atom. The quantitative estimate of drug-likeness (QED) is 0.748. The van der Waals surface area contributed by atoms with Gasteiger partial charge in [0.2, 0.25) is 17.7 Å². The van der Waals surface area contributed by atoms with Crippen LogP contribution in [0.1, 0.15) is 19.3 Å². The van der Waals surface area contributed by atoms with Crippen LogP contribution in [0.5, 0.6) is 0 Å². The molecule has 2 aromatic rings. The van der Waals surface area contributed by atoms with E-state index < -0.39 is 5.25 Å². The Kier molecular flexibility index (Phi) is 6.29. The number of carbonyl (C=O) groups is 3. The van der Waals surface area contributed by atoms with Crippen LogP contribution in [0.25, 0.3) is 0 Å². The molecule has 2 aliphatic heterocycles. The molecule has 4 rings (SSSR count). The molecule has 0 aromatic heterocycles. The highest BCUT2D eigenvalue weighted by atomic mass is 35.5. The molecule has 30 heavy (non-hydrogen) atoms. The first kappa shape index (κ1) is 20.8. The largest absolute Gasteiger partial charge is 0.342 e. The SMILES string of the molecule is O=C(Nc1ccccc1)[C@@H]1CCCN(C(=O)C[C@H]2Sc3ccc(Cl)cc3NC2=O)C1. The number of thioether (sulfide) groups is 1. The number of para-hydroxylation sites is 1. The third kappa shape index (κ3) is 4.79. The summed E-state index contributed by atoms with van der Waals surface area (Å²) in [6, 6.07) is 14.6. The van der Waals surface area contributed by atoms with Crippen molar-refractivity contribution in [1.82, 2.24) is 4.90 Å². The predicted molar refractivity (Wildman–Crippen MR) is 119 cm³/mol. The number of rotatable bonds is 4. The molecule has 0 bridgehead atoms. The van der Waals surface area contributed by atoms with Gasteiger partial charge in [-0.25, -0.2) is 0 Å². The first-order chi connectivity index (χ1) is 14.5. The number of hydrogen-bond donors (Lipinski definition) is 2. The van der Waals surface area contributed by atoms with Crippen LogP contribution in [-0.4, -0.2) is 41.0 Å². The fourth-order valence-corrected chi connectivity index (χ4v) is 4.98. The molecule has 1 fully saturated rings. The number of halogens is 1. The van der Waals surface area contributed by atoms with Crippen LogP contribution in [-0.2, 0) is 14.4 Å². The Balaban J connectivity index is 1.36. The third-order valence-corrected chi connectivity index (χ3v) is 6.82. The van der Waals surface area contributed by atoms with Gasteiger partial charge in [-0.2, -0.15) is 0 Å². The number of anilines is 2. The highest BCUT2D eigenvalue weighted by Gasteiger charge is 2.33. The maximum Gasteiger partial charge on any atom is 0.238 e. The van der Waals surface area contributed by atoms with Gasteiger partial charge >= 0.3 is 0 Å². The average Bonchev–Trinajstić information content (AvgIpc) is 2.75. The lowest BCUT2D eigenvalue weighted by Gasteiger charge is -2.33. The van der Waals surface area contributed by atoms with E-state index in [1.165, 1.54) is 11.8 Å². The van der Waals surface area contributed by atoms with Crippen molar-refractivity contribution < 1.29 is 14.4 Å². The Labute approximate surface area is 184 Å². The topological polar surface area (TPSA) is 78.5 Å². The van der Waals surface area contributed by atoms with E-state index in [0.717, 1.165) is 23.4 Å². The molecule has 0 aliphatic carbocycles. The third-order valence-electron chi connectivity index (χ3n) is 5.31. The van der Waals surface area contributed by atoms with Crippen LogP contribution in [0.15, 0.2) is 53.4 Å². The van der Waals surface area contributed by atoms with Crippen LogP contribution in [0.2, 0.25) is 5.02 Å². The minimum atomic E-state index is -0.496. The Morgan fingerprint density at radius 3 is 2.80 bits per heavy atom. The lowest BCUT2D eigenvalue weighted by atomic mass is 9.96. The lowest BCUT2D eigenvalue weighted by molar-refractivity contribution is -0.135. The molecule has 2 atom stereocenters. The van der Waals surface area contributed by atoms with Crippen LogP contribution in [0.3, 0.4) is 0 Å². The van der Waals surface area contributed by atoms with Crippen molar-refractivity contribution in [3.63, 3.8) is 0 Å². The van der Waals surface area contributed by atoms with Gasteiger partial charge in [0.05, 0.1) is 16.9 Å². The molecule has 0 radical (unpaired) electrons. The van der Waals surface area contributed by atoms with Crippen molar-refractivity contribution in [2.75, 3.05) is 23.7 Å². The summed E-state index contributed by atoms with van der Waals surface area (Å²) in [6.07, 6.45) is 1.62. The van der Waals surface area contributed by atoms with E-state index in [1.54, 1.807) is 17.0 Å². The molecule has 6 nitrogen and oxygen atoms in total. The van der Waals surface area contributed by atoms with E-state index in [0.29, 0.717) is 23.8 Å². The number of likely N-dealkylation sites (tertiary alicyclic amines) is 1. The van der Waals surface area contributed by atoms with Gasteiger partial charge in [0.25, 0.3) is 0 Å². The smallest absolute Gasteiger partial charge is 0.238 e. The molecule has 8 heteroatoms. The van der Waals surface area contributed by atoms with Gasteiger partial charge in [-0.05, 0) is 43.2 Å². The van der Waals surface area contributed by atoms with Gasteiger partial charge in [0.1, 0.15) is 0 Å². The summed E-state index contributed by atoms with van der Waals surface area (Å²) >= 11 is 7.36. The maximum atomic E-state index is 12.9. The maximum absolute atomic E-state index is 12.9. The number of hydrogen-bond acceptors (Lipinski definition) is 4. The number of amides is 3. The van der Waals surface area contributed by atoms with Gasteiger partial charge in [-0.15, -0.1) is 11.8 Å². The number of piperidine rings is 1. The van der Waals surface area contributed by atoms with Crippen molar-refractivity contribution in [3.05, 3.63) is 53.6 Å². The zero-order valence-electron chi connectivity index (χ0n) is 16.3. The van der Waals surface area contributed by atoms with E-state index in [2.05, 4.69) is 10.6 Å². The lowest BCUT2D eigenvalue weighted by Crippen LogP contribution is -2.45. The number of benzene rings is 2. The standard InChI is InChI=1S/C22H22ClN3O3S/c23-15-8-9-18-17(11-15)25-22(29)19(30-18)12-20(27)26-10-4-5-14(13-26)21(28)24-16-6-2-1-3-7-16/h1-3,6-9,11,14,19H,4-5,10,12-13H2,(H,24,28)(H,25,29)/t14-,19-/m1/s1. The molecule has 2 N–H and O–H groups in total. The molecular weight excluding hydrogens is 422 g/mol. The first-order valence-electron chi connectivity index (χ1n) is 9.90. The van der Waals surface area contributed by atoms with Crippen molar-refractivity contribution >= 4 is 52.5 Å². The Morgan fingerprint density at radius 2 is 2.00 bits per heavy atom. The number of nitrogens with zero attached hydrogens (tertiary/aromatic N) is 1. The van der Waals surface area contributed by atoms with Crippen molar-refractivity contribution in [2.24, 2.45) is 5.92 Å². The molecule has 0 spiro atoms. The van der Waals surface area contributed by atoms with Gasteiger partial charge in [0.15, 0.2) is 0 Å². The first-order valence-corrected chi connectivity index (χ1v) is 11.2. The van der Waals surface area contributed by atoms with Crippen molar-refractivity contribution in [2.45, 2.75) is 29.4 Å². The molecule has 2 aromatic carbocycles. The summed E-state index contributed by atoms with van der Waals surface area (Å²) in [4.78, 5) is 40.6. The highest BCUT2D eigenvalue weighted by Crippen LogP contribution is 2.38. The van der Waals surface area contributed by atoms with E-state index in [4.69, 9.17) is 11.6 Å². The normalized spacial score (nSPS) is 20.8. The molecule has 156 valence electrons. The molecular formula is C22H22ClN3O3S. The van der Waals surface area contributed by atoms with Gasteiger partial charge in [0, 0.05) is 35.1 Å². The van der Waals surface area contributed by atoms with Crippen LogP contribution < -0.4 is 10.6 Å². The molecule has 1 saturated heterocycles. The monoisotopic (exact) mass is 443 g/mol. The predicted octanol–water partition coefficient (Wildman–Crippen LogP) is 4.02.